The van der Waals surface area contributed by atoms with Crippen LogP contribution in [0.25, 0.3) is 0 Å². The molecule has 0 saturated carbocycles. The standard InChI is InChI=1S/C15H27N3O6S.C10H15F/c1-12-3-7-18(8-4-12)25(22,23)11-15(13(19)16-21)5-9-17(10-6-15)14(20)24-2;1-5-10(8(2)3)7-6-9(4)11/h12,21H,3-11H2,1-2H3,(H,16,19);6-7H,4-5H2,1-3H3/b;7-6-. The summed E-state index contributed by atoms with van der Waals surface area (Å²) < 4.78 is 43.9. The molecule has 0 atom stereocenters. The number of likely N-dealkylation sites (tertiary alicyclic amines) is 1. The number of hydroxylamine groups is 1. The number of carbonyl (C=O) groups excluding carboxylic acids is 2. The first kappa shape index (κ1) is 31.8. The Balaban J connectivity index is 0.000000497. The molecule has 2 heterocycles. The summed E-state index contributed by atoms with van der Waals surface area (Å²) in [5.41, 5.74) is 2.76. The number of carbonyl (C=O) groups is 2. The third-order valence-corrected chi connectivity index (χ3v) is 8.89. The van der Waals surface area contributed by atoms with Gasteiger partial charge in [0.25, 0.3) is 5.91 Å². The van der Waals surface area contributed by atoms with Gasteiger partial charge in [-0.2, -0.15) is 0 Å². The molecule has 0 aromatic rings. The van der Waals surface area contributed by atoms with Crippen molar-refractivity contribution in [2.75, 3.05) is 39.0 Å². The number of halogens is 1. The van der Waals surface area contributed by atoms with Crippen molar-refractivity contribution in [3.05, 3.63) is 35.7 Å². The predicted octanol–water partition coefficient (Wildman–Crippen LogP) is 4.17. The maximum Gasteiger partial charge on any atom is 0.409 e. The first-order valence-electron chi connectivity index (χ1n) is 12.3. The van der Waals surface area contributed by atoms with E-state index in [1.54, 1.807) is 11.6 Å². The number of rotatable bonds is 7. The van der Waals surface area contributed by atoms with Crippen molar-refractivity contribution >= 4 is 22.0 Å². The fraction of sp³-hybridized carbons (Fsp3) is 0.680. The van der Waals surface area contributed by atoms with E-state index in [1.807, 2.05) is 20.8 Å². The van der Waals surface area contributed by atoms with Crippen molar-refractivity contribution < 1.29 is 32.3 Å². The lowest BCUT2D eigenvalue weighted by Crippen LogP contribution is -2.54. The van der Waals surface area contributed by atoms with Crippen LogP contribution in [0.5, 0.6) is 0 Å². The van der Waals surface area contributed by atoms with Gasteiger partial charge in [-0.1, -0.05) is 32.1 Å². The van der Waals surface area contributed by atoms with Gasteiger partial charge in [0.15, 0.2) is 0 Å². The summed E-state index contributed by atoms with van der Waals surface area (Å²) in [6.45, 7) is 12.6. The van der Waals surface area contributed by atoms with Crippen LogP contribution in [0.1, 0.15) is 59.8 Å². The van der Waals surface area contributed by atoms with E-state index in [4.69, 9.17) is 5.21 Å². The van der Waals surface area contributed by atoms with Crippen molar-refractivity contribution in [2.24, 2.45) is 11.3 Å². The highest BCUT2D eigenvalue weighted by molar-refractivity contribution is 7.89. The van der Waals surface area contributed by atoms with Gasteiger partial charge in [0, 0.05) is 26.2 Å². The van der Waals surface area contributed by atoms with Gasteiger partial charge >= 0.3 is 6.09 Å². The first-order chi connectivity index (χ1) is 16.8. The Hall–Kier alpha value is -2.24. The Labute approximate surface area is 215 Å². The number of methoxy groups -OCH3 is 1. The number of hydrogen-bond donors (Lipinski definition) is 2. The minimum absolute atomic E-state index is 0.151. The summed E-state index contributed by atoms with van der Waals surface area (Å²) in [7, 11) is -2.37. The maximum atomic E-state index is 12.8. The minimum Gasteiger partial charge on any atom is -0.453 e. The monoisotopic (exact) mass is 531 g/mol. The number of allylic oxidation sites excluding steroid dienone is 5. The molecule has 206 valence electrons. The molecule has 2 aliphatic heterocycles. The topological polar surface area (TPSA) is 116 Å². The predicted molar refractivity (Wildman–Crippen MR) is 137 cm³/mol. The van der Waals surface area contributed by atoms with Crippen LogP contribution in [0, 0.1) is 11.3 Å². The zero-order chi connectivity index (χ0) is 27.5. The molecular weight excluding hydrogens is 489 g/mol. The van der Waals surface area contributed by atoms with Gasteiger partial charge in [0.2, 0.25) is 10.0 Å². The number of sulfonamides is 1. The lowest BCUT2D eigenvalue weighted by Gasteiger charge is -2.40. The Morgan fingerprint density at radius 1 is 1.17 bits per heavy atom. The Morgan fingerprint density at radius 3 is 2.14 bits per heavy atom. The first-order valence-corrected chi connectivity index (χ1v) is 13.9. The highest BCUT2D eigenvalue weighted by Crippen LogP contribution is 2.35. The number of hydrogen-bond acceptors (Lipinski definition) is 6. The Bertz CT molecular complexity index is 927. The molecule has 0 aromatic heterocycles. The normalized spacial score (nSPS) is 18.7. The molecule has 36 heavy (non-hydrogen) atoms. The maximum absolute atomic E-state index is 12.8. The van der Waals surface area contributed by atoms with Crippen LogP contribution in [-0.4, -0.2) is 73.9 Å². The molecule has 2 N–H and O–H groups in total. The van der Waals surface area contributed by atoms with Gasteiger partial charge in [0.05, 0.1) is 18.3 Å². The molecule has 2 aliphatic rings. The van der Waals surface area contributed by atoms with E-state index in [0.717, 1.165) is 19.3 Å². The van der Waals surface area contributed by atoms with Crippen LogP contribution in [0.15, 0.2) is 35.7 Å². The van der Waals surface area contributed by atoms with Gasteiger partial charge in [0.1, 0.15) is 5.83 Å². The van der Waals surface area contributed by atoms with Crippen molar-refractivity contribution in [3.63, 3.8) is 0 Å². The van der Waals surface area contributed by atoms with Crippen molar-refractivity contribution in [3.8, 4) is 0 Å². The number of nitrogens with zero attached hydrogens (tertiary/aromatic N) is 2. The van der Waals surface area contributed by atoms with Gasteiger partial charge in [-0.25, -0.2) is 27.4 Å². The van der Waals surface area contributed by atoms with E-state index < -0.39 is 33.3 Å². The average Bonchev–Trinajstić information content (AvgIpc) is 2.83. The van der Waals surface area contributed by atoms with Crippen molar-refractivity contribution in [2.45, 2.75) is 59.8 Å². The molecular formula is C25H42FN3O6S. The zero-order valence-electron chi connectivity index (χ0n) is 22.2. The van der Waals surface area contributed by atoms with Gasteiger partial charge in [-0.05, 0) is 63.5 Å². The Morgan fingerprint density at radius 2 is 1.72 bits per heavy atom. The van der Waals surface area contributed by atoms with Gasteiger partial charge < -0.3 is 9.64 Å². The molecule has 11 heteroatoms. The van der Waals surface area contributed by atoms with Gasteiger partial charge in [-0.3, -0.25) is 10.0 Å². The number of ether oxygens (including phenoxy) is 1. The second-order valence-corrected chi connectivity index (χ2v) is 11.6. The van der Waals surface area contributed by atoms with Gasteiger partial charge in [-0.15, -0.1) is 0 Å². The largest absolute Gasteiger partial charge is 0.453 e. The highest BCUT2D eigenvalue weighted by Gasteiger charge is 2.47. The Kier molecular flexibility index (Phi) is 12.8. The molecule has 0 unspecified atom stereocenters. The molecule has 2 fully saturated rings. The summed E-state index contributed by atoms with van der Waals surface area (Å²) in [5.74, 6) is -0.983. The van der Waals surface area contributed by atoms with Crippen LogP contribution in [0.2, 0.25) is 0 Å². The smallest absolute Gasteiger partial charge is 0.409 e. The lowest BCUT2D eigenvalue weighted by molar-refractivity contribution is -0.141. The molecule has 2 saturated heterocycles. The summed E-state index contributed by atoms with van der Waals surface area (Å²) in [4.78, 5) is 25.3. The summed E-state index contributed by atoms with van der Waals surface area (Å²) >= 11 is 0. The molecule has 0 aliphatic carbocycles. The van der Waals surface area contributed by atoms with E-state index in [2.05, 4.69) is 18.2 Å². The molecule has 0 spiro atoms. The summed E-state index contributed by atoms with van der Waals surface area (Å²) in [6.07, 6.45) is 5.50. The fourth-order valence-electron chi connectivity index (χ4n) is 4.33. The van der Waals surface area contributed by atoms with E-state index in [-0.39, 0.29) is 31.7 Å². The number of piperidine rings is 2. The average molecular weight is 532 g/mol. The van der Waals surface area contributed by atoms with E-state index in [9.17, 15) is 22.4 Å². The molecule has 0 aromatic carbocycles. The van der Waals surface area contributed by atoms with E-state index in [0.29, 0.717) is 19.0 Å². The van der Waals surface area contributed by atoms with Crippen LogP contribution in [0.3, 0.4) is 0 Å². The molecule has 0 radical (unpaired) electrons. The van der Waals surface area contributed by atoms with E-state index >= 15 is 0 Å². The third-order valence-electron chi connectivity index (χ3n) is 6.82. The lowest BCUT2D eigenvalue weighted by atomic mass is 9.79. The second-order valence-electron chi connectivity index (χ2n) is 9.68. The number of amides is 2. The third kappa shape index (κ3) is 9.33. The zero-order valence-corrected chi connectivity index (χ0v) is 23.0. The number of nitrogens with one attached hydrogen (secondary N) is 1. The van der Waals surface area contributed by atoms with Crippen molar-refractivity contribution in [1.82, 2.24) is 14.7 Å². The molecule has 2 rings (SSSR count). The fourth-order valence-corrected chi connectivity index (χ4v) is 6.40. The van der Waals surface area contributed by atoms with E-state index in [1.165, 1.54) is 33.5 Å². The highest BCUT2D eigenvalue weighted by atomic mass is 32.2. The SMILES string of the molecule is C=C(F)/C=C\C(CC)=C(C)C.COC(=O)N1CCC(CS(=O)(=O)N2CCC(C)CC2)(C(=O)NO)CC1. The quantitative estimate of drug-likeness (QED) is 0.289. The summed E-state index contributed by atoms with van der Waals surface area (Å²) in [5, 5.41) is 9.10. The molecule has 0 bridgehead atoms. The van der Waals surface area contributed by atoms with Crippen LogP contribution >= 0.6 is 0 Å². The van der Waals surface area contributed by atoms with Crippen molar-refractivity contribution in [1.29, 1.82) is 0 Å². The summed E-state index contributed by atoms with van der Waals surface area (Å²) in [6, 6.07) is 0. The van der Waals surface area contributed by atoms with Crippen LogP contribution in [-0.2, 0) is 19.6 Å². The minimum atomic E-state index is -3.64. The van der Waals surface area contributed by atoms with Crippen LogP contribution < -0.4 is 5.48 Å². The van der Waals surface area contributed by atoms with Crippen LogP contribution in [0.4, 0.5) is 9.18 Å². The molecule has 9 nitrogen and oxygen atoms in total. The molecule has 2 amide bonds. The second kappa shape index (κ2) is 14.5.